The number of nitrogens with two attached hydrogens (primary N) is 3. The Morgan fingerprint density at radius 1 is 0.786 bits per heavy atom. The molecule has 4 atom stereocenters. The molecular formula is C29H41N7O5S. The molecule has 2 aromatic rings. The minimum absolute atomic E-state index is 0.0578. The first-order valence-electron chi connectivity index (χ1n) is 13.6. The number of guanidine groups is 1. The molecule has 0 aliphatic rings. The second kappa shape index (κ2) is 18.4. The summed E-state index contributed by atoms with van der Waals surface area (Å²) in [5.74, 6) is -2.52. The van der Waals surface area contributed by atoms with Crippen molar-refractivity contribution < 1.29 is 24.3 Å². The third-order valence-corrected chi connectivity index (χ3v) is 7.00. The van der Waals surface area contributed by atoms with Crippen LogP contribution in [-0.2, 0) is 32.0 Å². The summed E-state index contributed by atoms with van der Waals surface area (Å²) >= 11 is 1.50. The van der Waals surface area contributed by atoms with Crippen LogP contribution in [-0.4, -0.2) is 77.5 Å². The van der Waals surface area contributed by atoms with Gasteiger partial charge in [0, 0.05) is 13.0 Å². The van der Waals surface area contributed by atoms with Crippen LogP contribution in [0.2, 0.25) is 0 Å². The van der Waals surface area contributed by atoms with E-state index in [4.69, 9.17) is 17.2 Å². The van der Waals surface area contributed by atoms with Gasteiger partial charge in [0.25, 0.3) is 0 Å². The second-order valence-corrected chi connectivity index (χ2v) is 10.7. The minimum Gasteiger partial charge on any atom is -0.480 e. The number of rotatable bonds is 18. The van der Waals surface area contributed by atoms with Gasteiger partial charge in [-0.1, -0.05) is 60.7 Å². The maximum atomic E-state index is 13.4. The molecule has 0 aliphatic heterocycles. The number of carbonyl (C=O) groups excluding carboxylic acids is 3. The lowest BCUT2D eigenvalue weighted by Crippen LogP contribution is -2.57. The molecule has 0 saturated heterocycles. The molecule has 10 N–H and O–H groups in total. The Morgan fingerprint density at radius 3 is 1.81 bits per heavy atom. The van der Waals surface area contributed by atoms with Crippen LogP contribution >= 0.6 is 11.8 Å². The lowest BCUT2D eigenvalue weighted by Gasteiger charge is -2.25. The van der Waals surface area contributed by atoms with Gasteiger partial charge in [-0.2, -0.15) is 11.8 Å². The summed E-state index contributed by atoms with van der Waals surface area (Å²) in [7, 11) is 0. The molecule has 0 radical (unpaired) electrons. The predicted molar refractivity (Wildman–Crippen MR) is 165 cm³/mol. The first-order chi connectivity index (χ1) is 20.1. The number of carbonyl (C=O) groups is 4. The number of amides is 3. The molecule has 0 bridgehead atoms. The van der Waals surface area contributed by atoms with Crippen molar-refractivity contribution in [2.24, 2.45) is 22.2 Å². The van der Waals surface area contributed by atoms with Crippen LogP contribution in [0.25, 0.3) is 0 Å². The molecule has 2 rings (SSSR count). The number of nitrogens with zero attached hydrogens (tertiary/aromatic N) is 1. The van der Waals surface area contributed by atoms with E-state index in [2.05, 4.69) is 20.9 Å². The van der Waals surface area contributed by atoms with E-state index in [1.807, 2.05) is 36.6 Å². The maximum Gasteiger partial charge on any atom is 0.326 e. The number of carboxylic acid groups (broad SMARTS) is 1. The highest BCUT2D eigenvalue weighted by Crippen LogP contribution is 2.08. The van der Waals surface area contributed by atoms with Crippen LogP contribution in [0.1, 0.15) is 30.4 Å². The molecule has 0 saturated carbocycles. The third-order valence-electron chi connectivity index (χ3n) is 6.35. The van der Waals surface area contributed by atoms with Gasteiger partial charge in [0.05, 0.1) is 6.04 Å². The molecule has 12 nitrogen and oxygen atoms in total. The van der Waals surface area contributed by atoms with Crippen LogP contribution in [0.4, 0.5) is 0 Å². The fourth-order valence-electron chi connectivity index (χ4n) is 4.11. The third kappa shape index (κ3) is 12.6. The smallest absolute Gasteiger partial charge is 0.326 e. The minimum atomic E-state index is -1.22. The average molecular weight is 600 g/mol. The van der Waals surface area contributed by atoms with Crippen LogP contribution in [0.3, 0.4) is 0 Å². The maximum absolute atomic E-state index is 13.4. The SMILES string of the molecule is CSCCC(NC(=O)C(N)Cc1ccccc1)C(=O)NC(CCCN=C(N)N)C(=O)NC(Cc1ccccc1)C(=O)O. The summed E-state index contributed by atoms with van der Waals surface area (Å²) in [6.45, 7) is 0.204. The van der Waals surface area contributed by atoms with Gasteiger partial charge >= 0.3 is 5.97 Å². The molecule has 2 aromatic carbocycles. The number of benzene rings is 2. The zero-order valence-corrected chi connectivity index (χ0v) is 24.5. The number of carboxylic acids is 1. The summed E-state index contributed by atoms with van der Waals surface area (Å²) in [5.41, 5.74) is 18.5. The van der Waals surface area contributed by atoms with E-state index in [0.717, 1.165) is 11.1 Å². The van der Waals surface area contributed by atoms with Crippen molar-refractivity contribution in [3.63, 3.8) is 0 Å². The molecular weight excluding hydrogens is 558 g/mol. The fraction of sp³-hybridized carbons (Fsp3) is 0.414. The van der Waals surface area contributed by atoms with Gasteiger partial charge in [0.15, 0.2) is 5.96 Å². The predicted octanol–water partition coefficient (Wildman–Crippen LogP) is 0.145. The topological polar surface area (TPSA) is 215 Å². The number of nitrogens with one attached hydrogen (secondary N) is 3. The van der Waals surface area contributed by atoms with Crippen molar-refractivity contribution in [2.75, 3.05) is 18.6 Å². The molecule has 0 aliphatic carbocycles. The van der Waals surface area contributed by atoms with Crippen LogP contribution < -0.4 is 33.2 Å². The van der Waals surface area contributed by atoms with Crippen molar-refractivity contribution in [1.82, 2.24) is 16.0 Å². The summed E-state index contributed by atoms with van der Waals surface area (Å²) in [5, 5.41) is 17.7. The number of aliphatic imine (C=N–C) groups is 1. The monoisotopic (exact) mass is 599 g/mol. The van der Waals surface area contributed by atoms with Crippen molar-refractivity contribution in [1.29, 1.82) is 0 Å². The largest absolute Gasteiger partial charge is 0.480 e. The molecule has 0 fully saturated rings. The Kier molecular flexibility index (Phi) is 14.9. The van der Waals surface area contributed by atoms with Crippen molar-refractivity contribution >= 4 is 41.4 Å². The lowest BCUT2D eigenvalue weighted by molar-refractivity contribution is -0.142. The van der Waals surface area contributed by atoms with Gasteiger partial charge in [-0.15, -0.1) is 0 Å². The van der Waals surface area contributed by atoms with Crippen LogP contribution in [0, 0.1) is 0 Å². The van der Waals surface area contributed by atoms with Gasteiger partial charge in [-0.05, 0) is 48.8 Å². The summed E-state index contributed by atoms with van der Waals surface area (Å²) in [6.07, 6.45) is 2.97. The Balaban J connectivity index is 2.15. The molecule has 228 valence electrons. The highest BCUT2D eigenvalue weighted by Gasteiger charge is 2.30. The number of hydrogen-bond donors (Lipinski definition) is 7. The molecule has 13 heteroatoms. The Hall–Kier alpha value is -4.10. The van der Waals surface area contributed by atoms with Crippen molar-refractivity contribution in [2.45, 2.75) is 56.3 Å². The first-order valence-corrected chi connectivity index (χ1v) is 15.0. The standard InChI is InChI=1S/C29H41N7O5S/c1-42-16-14-23(34-25(37)21(30)17-19-9-4-2-5-10-19)27(39)35-22(13-8-15-33-29(31)32)26(38)36-24(28(40)41)18-20-11-6-3-7-12-20/h2-7,9-12,21-24H,8,13-18,30H2,1H3,(H,34,37)(H,35,39)(H,36,38)(H,40,41)(H4,31,32,33). The zero-order chi connectivity index (χ0) is 30.9. The van der Waals surface area contributed by atoms with Gasteiger partial charge in [0.2, 0.25) is 17.7 Å². The summed E-state index contributed by atoms with van der Waals surface area (Å²) in [6, 6.07) is 14.0. The Labute approximate surface area is 250 Å². The summed E-state index contributed by atoms with van der Waals surface area (Å²) in [4.78, 5) is 55.5. The lowest BCUT2D eigenvalue weighted by atomic mass is 10.0. The number of hydrogen-bond acceptors (Lipinski definition) is 7. The molecule has 3 amide bonds. The molecule has 0 spiro atoms. The molecule has 42 heavy (non-hydrogen) atoms. The van der Waals surface area contributed by atoms with Crippen molar-refractivity contribution in [3.05, 3.63) is 71.8 Å². The first kappa shape index (κ1) is 34.1. The molecule has 0 heterocycles. The Morgan fingerprint density at radius 2 is 1.29 bits per heavy atom. The number of aliphatic carboxylic acids is 1. The van der Waals surface area contributed by atoms with E-state index in [9.17, 15) is 24.3 Å². The summed E-state index contributed by atoms with van der Waals surface area (Å²) < 4.78 is 0. The van der Waals surface area contributed by atoms with Gasteiger partial charge in [-0.25, -0.2) is 4.79 Å². The van der Waals surface area contributed by atoms with Gasteiger partial charge in [0.1, 0.15) is 18.1 Å². The van der Waals surface area contributed by atoms with E-state index < -0.39 is 47.9 Å². The quantitative estimate of drug-likeness (QED) is 0.0704. The normalized spacial score (nSPS) is 13.6. The average Bonchev–Trinajstić information content (AvgIpc) is 2.96. The highest BCUT2D eigenvalue weighted by molar-refractivity contribution is 7.98. The number of thioether (sulfide) groups is 1. The van der Waals surface area contributed by atoms with E-state index in [-0.39, 0.29) is 31.8 Å². The van der Waals surface area contributed by atoms with E-state index in [1.54, 1.807) is 30.3 Å². The molecule has 0 aromatic heterocycles. The van der Waals surface area contributed by atoms with Gasteiger partial charge in [-0.3, -0.25) is 19.4 Å². The zero-order valence-electron chi connectivity index (χ0n) is 23.7. The Bertz CT molecular complexity index is 1180. The van der Waals surface area contributed by atoms with Crippen LogP contribution in [0.5, 0.6) is 0 Å². The highest BCUT2D eigenvalue weighted by atomic mass is 32.2. The van der Waals surface area contributed by atoms with Gasteiger partial charge < -0.3 is 38.3 Å². The fourth-order valence-corrected chi connectivity index (χ4v) is 4.58. The van der Waals surface area contributed by atoms with E-state index in [0.29, 0.717) is 18.6 Å². The molecule has 4 unspecified atom stereocenters. The van der Waals surface area contributed by atoms with E-state index in [1.165, 1.54) is 11.8 Å². The van der Waals surface area contributed by atoms with Crippen LogP contribution in [0.15, 0.2) is 65.7 Å². The van der Waals surface area contributed by atoms with E-state index >= 15 is 0 Å². The van der Waals surface area contributed by atoms with Crippen molar-refractivity contribution in [3.8, 4) is 0 Å². The second-order valence-electron chi connectivity index (χ2n) is 9.74.